The molecule has 0 spiro atoms. The maximum absolute atomic E-state index is 12.7. The second-order valence-corrected chi connectivity index (χ2v) is 4.98. The molecule has 2 aromatic heterocycles. The van der Waals surface area contributed by atoms with Gasteiger partial charge in [0.25, 0.3) is 6.43 Å². The molecule has 10 heteroatoms. The summed E-state index contributed by atoms with van der Waals surface area (Å²) in [4.78, 5) is 7.10. The summed E-state index contributed by atoms with van der Waals surface area (Å²) in [6, 6.07) is 2.35. The van der Waals surface area contributed by atoms with E-state index in [1.165, 1.54) is 6.07 Å². The summed E-state index contributed by atoms with van der Waals surface area (Å²) >= 11 is 0. The summed E-state index contributed by atoms with van der Waals surface area (Å²) in [5.41, 5.74) is -1.31. The first-order valence-electron chi connectivity index (χ1n) is 6.81. The fourth-order valence-corrected chi connectivity index (χ4v) is 2.00. The van der Waals surface area contributed by atoms with Gasteiger partial charge >= 0.3 is 6.18 Å². The lowest BCUT2D eigenvalue weighted by Gasteiger charge is -2.08. The lowest BCUT2D eigenvalue weighted by Crippen LogP contribution is -2.07. The van der Waals surface area contributed by atoms with Crippen LogP contribution in [0, 0.1) is 0 Å². The Morgan fingerprint density at radius 2 is 1.79 bits per heavy atom. The van der Waals surface area contributed by atoms with Crippen LogP contribution in [0.4, 0.5) is 30.7 Å². The minimum Gasteiger partial charge on any atom is -0.328 e. The molecule has 2 rings (SSSR count). The molecule has 0 N–H and O–H groups in total. The normalized spacial score (nSPS) is 12.4. The molecule has 0 fully saturated rings. The quantitative estimate of drug-likeness (QED) is 0.716. The predicted octanol–water partition coefficient (Wildman–Crippen LogP) is 4.48. The van der Waals surface area contributed by atoms with Crippen molar-refractivity contribution in [1.82, 2.24) is 14.5 Å². The topological polar surface area (TPSA) is 30.7 Å². The van der Waals surface area contributed by atoms with E-state index in [9.17, 15) is 30.7 Å². The van der Waals surface area contributed by atoms with Crippen molar-refractivity contribution >= 4 is 0 Å². The van der Waals surface area contributed by atoms with Crippen molar-refractivity contribution in [3.63, 3.8) is 0 Å². The average Bonchev–Trinajstić information content (AvgIpc) is 2.89. The van der Waals surface area contributed by atoms with Crippen LogP contribution in [0.5, 0.6) is 0 Å². The molecule has 0 radical (unpaired) electrons. The number of imidazole rings is 1. The summed E-state index contributed by atoms with van der Waals surface area (Å²) in [5.74, 6) is -0.164. The van der Waals surface area contributed by atoms with Gasteiger partial charge in [0.15, 0.2) is 5.69 Å². The Bertz CT molecular complexity index is 662. The van der Waals surface area contributed by atoms with Crippen molar-refractivity contribution in [2.45, 2.75) is 38.4 Å². The van der Waals surface area contributed by atoms with E-state index in [2.05, 4.69) is 9.97 Å². The first-order valence-corrected chi connectivity index (χ1v) is 6.81. The highest BCUT2D eigenvalue weighted by Crippen LogP contribution is 2.29. The third-order valence-electron chi connectivity index (χ3n) is 3.17. The van der Waals surface area contributed by atoms with E-state index in [4.69, 9.17) is 0 Å². The smallest absolute Gasteiger partial charge is 0.328 e. The number of halogens is 7. The number of aromatic nitrogens is 3. The van der Waals surface area contributed by atoms with Crippen molar-refractivity contribution in [2.75, 3.05) is 0 Å². The molecule has 0 saturated carbocycles. The lowest BCUT2D eigenvalue weighted by atomic mass is 10.2. The minimum absolute atomic E-state index is 0.164. The van der Waals surface area contributed by atoms with Gasteiger partial charge in [-0.1, -0.05) is 0 Å². The van der Waals surface area contributed by atoms with Gasteiger partial charge in [-0.25, -0.2) is 22.5 Å². The van der Waals surface area contributed by atoms with Gasteiger partial charge in [-0.05, 0) is 12.1 Å². The Kier molecular flexibility index (Phi) is 5.45. The van der Waals surface area contributed by atoms with Crippen LogP contribution in [0.2, 0.25) is 0 Å². The standard InChI is InChI=1S/C14H12F7N3/c15-11(16)3-4-12-23-10(14(19,20)21)7-24(12)6-9-2-1-8(5-22-9)13(17)18/h1-2,5,7,11,13H,3-4,6H2. The van der Waals surface area contributed by atoms with Crippen LogP contribution < -0.4 is 0 Å². The van der Waals surface area contributed by atoms with Crippen LogP contribution in [-0.4, -0.2) is 21.0 Å². The summed E-state index contributed by atoms with van der Waals surface area (Å²) in [6.45, 7) is -0.189. The number of alkyl halides is 7. The highest BCUT2D eigenvalue weighted by molar-refractivity contribution is 5.17. The van der Waals surface area contributed by atoms with E-state index < -0.39 is 31.1 Å². The van der Waals surface area contributed by atoms with Gasteiger partial charge in [0.2, 0.25) is 6.43 Å². The molecular weight excluding hydrogens is 343 g/mol. The van der Waals surface area contributed by atoms with Gasteiger partial charge in [-0.15, -0.1) is 0 Å². The first-order chi connectivity index (χ1) is 11.2. The Labute approximate surface area is 132 Å². The Morgan fingerprint density at radius 3 is 2.29 bits per heavy atom. The molecule has 2 aromatic rings. The molecule has 0 atom stereocenters. The average molecular weight is 355 g/mol. The van der Waals surface area contributed by atoms with Crippen LogP contribution in [-0.2, 0) is 19.1 Å². The predicted molar refractivity (Wildman–Crippen MR) is 69.9 cm³/mol. The molecule has 0 aromatic carbocycles. The highest BCUT2D eigenvalue weighted by atomic mass is 19.4. The second kappa shape index (κ2) is 7.18. The van der Waals surface area contributed by atoms with E-state index >= 15 is 0 Å². The van der Waals surface area contributed by atoms with Crippen LogP contribution in [0.3, 0.4) is 0 Å². The number of hydrogen-bond acceptors (Lipinski definition) is 2. The van der Waals surface area contributed by atoms with E-state index in [0.717, 1.165) is 16.8 Å². The Balaban J connectivity index is 2.24. The number of pyridine rings is 1. The molecule has 0 unspecified atom stereocenters. The number of rotatable bonds is 6. The van der Waals surface area contributed by atoms with Crippen molar-refractivity contribution in [3.8, 4) is 0 Å². The molecule has 0 aliphatic carbocycles. The summed E-state index contributed by atoms with van der Waals surface area (Å²) in [6.07, 6.45) is -9.46. The SMILES string of the molecule is FC(F)CCc1nc(C(F)(F)F)cn1Cc1ccc(C(F)F)cn1. The van der Waals surface area contributed by atoms with E-state index in [1.54, 1.807) is 0 Å². The molecule has 24 heavy (non-hydrogen) atoms. The van der Waals surface area contributed by atoms with Gasteiger partial charge in [-0.3, -0.25) is 4.98 Å². The van der Waals surface area contributed by atoms with Crippen molar-refractivity contribution in [2.24, 2.45) is 0 Å². The fraction of sp³-hybridized carbons (Fsp3) is 0.429. The summed E-state index contributed by atoms with van der Waals surface area (Å²) < 4.78 is 88.8. The minimum atomic E-state index is -4.71. The zero-order valence-corrected chi connectivity index (χ0v) is 12.1. The first kappa shape index (κ1) is 18.2. The molecule has 3 nitrogen and oxygen atoms in total. The van der Waals surface area contributed by atoms with Gasteiger partial charge in [0, 0.05) is 30.8 Å². The van der Waals surface area contributed by atoms with Crippen molar-refractivity contribution in [1.29, 1.82) is 0 Å². The van der Waals surface area contributed by atoms with Crippen molar-refractivity contribution < 1.29 is 30.7 Å². The monoisotopic (exact) mass is 355 g/mol. The molecule has 0 aliphatic heterocycles. The van der Waals surface area contributed by atoms with Crippen LogP contribution in [0.15, 0.2) is 24.5 Å². The Morgan fingerprint density at radius 1 is 1.08 bits per heavy atom. The molecule has 2 heterocycles. The molecule has 0 saturated heterocycles. The van der Waals surface area contributed by atoms with Gasteiger partial charge in [0.05, 0.1) is 12.2 Å². The summed E-state index contributed by atoms with van der Waals surface area (Å²) in [5, 5.41) is 0. The van der Waals surface area contributed by atoms with E-state index in [0.29, 0.717) is 6.20 Å². The van der Waals surface area contributed by atoms with Gasteiger partial charge in [0.1, 0.15) is 5.82 Å². The zero-order valence-electron chi connectivity index (χ0n) is 12.1. The third kappa shape index (κ3) is 4.68. The van der Waals surface area contributed by atoms with Crippen LogP contribution in [0.1, 0.15) is 35.6 Å². The number of nitrogens with zero attached hydrogens (tertiary/aromatic N) is 3. The maximum Gasteiger partial charge on any atom is 0.434 e. The highest BCUT2D eigenvalue weighted by Gasteiger charge is 2.34. The van der Waals surface area contributed by atoms with E-state index in [-0.39, 0.29) is 30.0 Å². The van der Waals surface area contributed by atoms with Gasteiger partial charge in [-0.2, -0.15) is 13.2 Å². The molecule has 0 bridgehead atoms. The Hall–Kier alpha value is -2.13. The van der Waals surface area contributed by atoms with E-state index in [1.807, 2.05) is 0 Å². The second-order valence-electron chi connectivity index (χ2n) is 4.98. The third-order valence-corrected chi connectivity index (χ3v) is 3.17. The van der Waals surface area contributed by atoms with Crippen LogP contribution in [0.25, 0.3) is 0 Å². The number of hydrogen-bond donors (Lipinski definition) is 0. The molecule has 132 valence electrons. The zero-order chi connectivity index (χ0) is 17.9. The lowest BCUT2D eigenvalue weighted by molar-refractivity contribution is -0.141. The number of aryl methyl sites for hydroxylation is 1. The fourth-order valence-electron chi connectivity index (χ4n) is 2.00. The summed E-state index contributed by atoms with van der Waals surface area (Å²) in [7, 11) is 0. The van der Waals surface area contributed by atoms with Crippen molar-refractivity contribution in [3.05, 3.63) is 47.3 Å². The molecule has 0 aliphatic rings. The maximum atomic E-state index is 12.7. The van der Waals surface area contributed by atoms with Gasteiger partial charge < -0.3 is 4.57 Å². The molecule has 0 amide bonds. The largest absolute Gasteiger partial charge is 0.434 e. The van der Waals surface area contributed by atoms with Crippen LogP contribution >= 0.6 is 0 Å². The molecular formula is C14H12F7N3.